The van der Waals surface area contributed by atoms with Crippen molar-refractivity contribution >= 4 is 11.8 Å². The van der Waals surface area contributed by atoms with Crippen molar-refractivity contribution in [3.63, 3.8) is 0 Å². The van der Waals surface area contributed by atoms with Crippen molar-refractivity contribution in [1.29, 1.82) is 0 Å². The van der Waals surface area contributed by atoms with Gasteiger partial charge in [-0.3, -0.25) is 19.5 Å². The predicted octanol–water partition coefficient (Wildman–Crippen LogP) is 5.01. The number of nitrogens with one attached hydrogen (secondary N) is 1. The van der Waals surface area contributed by atoms with Crippen LogP contribution in [0.2, 0.25) is 0 Å². The third-order valence-electron chi connectivity index (χ3n) is 6.39. The fraction of sp³-hybridized carbons (Fsp3) is 0.480. The summed E-state index contributed by atoms with van der Waals surface area (Å²) in [6, 6.07) is 6.39. The minimum atomic E-state index is -0.792. The van der Waals surface area contributed by atoms with Gasteiger partial charge in [0.25, 0.3) is 5.91 Å². The van der Waals surface area contributed by atoms with E-state index < -0.39 is 6.04 Å². The van der Waals surface area contributed by atoms with E-state index in [2.05, 4.69) is 23.3 Å². The van der Waals surface area contributed by atoms with Crippen LogP contribution >= 0.6 is 0 Å². The molecular weight excluding hydrogens is 390 g/mol. The highest BCUT2D eigenvalue weighted by Crippen LogP contribution is 2.35. The lowest BCUT2D eigenvalue weighted by atomic mass is 9.90. The van der Waals surface area contributed by atoms with Gasteiger partial charge in [-0.25, -0.2) is 0 Å². The van der Waals surface area contributed by atoms with E-state index in [0.29, 0.717) is 5.56 Å². The molecule has 2 aromatic heterocycles. The number of aromatic nitrogens is 1. The normalized spacial score (nSPS) is 20.5. The number of allylic oxidation sites excluding steroid dienone is 2. The summed E-state index contributed by atoms with van der Waals surface area (Å²) < 4.78 is 5.45. The molecule has 0 unspecified atom stereocenters. The van der Waals surface area contributed by atoms with Gasteiger partial charge >= 0.3 is 0 Å². The Morgan fingerprint density at radius 1 is 1.13 bits per heavy atom. The van der Waals surface area contributed by atoms with Gasteiger partial charge in [-0.1, -0.05) is 38.3 Å². The van der Waals surface area contributed by atoms with E-state index in [0.717, 1.165) is 50.6 Å². The highest BCUT2D eigenvalue weighted by molar-refractivity contribution is 5.97. The Kier molecular flexibility index (Phi) is 6.85. The zero-order valence-electron chi connectivity index (χ0n) is 18.1. The van der Waals surface area contributed by atoms with Crippen molar-refractivity contribution in [3.8, 4) is 0 Å². The molecule has 2 aliphatic rings. The zero-order chi connectivity index (χ0) is 21.6. The molecule has 4 rings (SSSR count). The number of nitrogens with zero attached hydrogens (tertiary/aromatic N) is 2. The lowest BCUT2D eigenvalue weighted by Crippen LogP contribution is -2.47. The molecule has 0 radical (unpaired) electrons. The average molecular weight is 422 g/mol. The maximum absolute atomic E-state index is 13.7. The van der Waals surface area contributed by atoms with Gasteiger partial charge in [0, 0.05) is 29.7 Å². The maximum atomic E-state index is 13.7. The lowest BCUT2D eigenvalue weighted by molar-refractivity contribution is -0.126. The summed E-state index contributed by atoms with van der Waals surface area (Å²) in [5, 5.41) is 3.23. The van der Waals surface area contributed by atoms with Crippen molar-refractivity contribution in [2.45, 2.75) is 70.4 Å². The molecule has 31 heavy (non-hydrogen) atoms. The van der Waals surface area contributed by atoms with Crippen LogP contribution in [0.4, 0.5) is 0 Å². The molecule has 2 heterocycles. The Labute approximate surface area is 183 Å². The van der Waals surface area contributed by atoms with Crippen LogP contribution in [0.15, 0.2) is 59.1 Å². The van der Waals surface area contributed by atoms with E-state index in [9.17, 15) is 9.59 Å². The van der Waals surface area contributed by atoms with E-state index in [1.807, 2.05) is 12.1 Å². The van der Waals surface area contributed by atoms with E-state index in [4.69, 9.17) is 4.42 Å². The monoisotopic (exact) mass is 421 g/mol. The summed E-state index contributed by atoms with van der Waals surface area (Å²) in [5.74, 6) is -0.0385. The summed E-state index contributed by atoms with van der Waals surface area (Å²) in [6.07, 6.45) is 15.3. The summed E-state index contributed by atoms with van der Waals surface area (Å²) in [5.41, 5.74) is 1.59. The smallest absolute Gasteiger partial charge is 0.294 e. The molecule has 6 nitrogen and oxygen atoms in total. The highest BCUT2D eigenvalue weighted by Gasteiger charge is 2.38. The van der Waals surface area contributed by atoms with Crippen molar-refractivity contribution in [3.05, 3.63) is 66.0 Å². The van der Waals surface area contributed by atoms with Gasteiger partial charge < -0.3 is 9.73 Å². The first-order chi connectivity index (χ1) is 15.1. The van der Waals surface area contributed by atoms with Gasteiger partial charge in [0.05, 0.1) is 6.26 Å². The molecule has 2 aliphatic carbocycles. The Bertz CT molecular complexity index is 901. The third-order valence-corrected chi connectivity index (χ3v) is 6.39. The summed E-state index contributed by atoms with van der Waals surface area (Å²) in [4.78, 5) is 33.2. The van der Waals surface area contributed by atoms with Crippen molar-refractivity contribution < 1.29 is 14.0 Å². The second-order valence-corrected chi connectivity index (χ2v) is 8.65. The second kappa shape index (κ2) is 9.94. The fourth-order valence-corrected chi connectivity index (χ4v) is 4.74. The van der Waals surface area contributed by atoms with Crippen LogP contribution in [0.1, 0.15) is 80.5 Å². The van der Waals surface area contributed by atoms with Crippen LogP contribution in [0.25, 0.3) is 0 Å². The van der Waals surface area contributed by atoms with Crippen LogP contribution in [-0.4, -0.2) is 27.7 Å². The van der Waals surface area contributed by atoms with Crippen LogP contribution in [0.5, 0.6) is 0 Å². The zero-order valence-corrected chi connectivity index (χ0v) is 18.1. The first kappa shape index (κ1) is 21.3. The van der Waals surface area contributed by atoms with Gasteiger partial charge in [-0.15, -0.1) is 0 Å². The van der Waals surface area contributed by atoms with E-state index in [-0.39, 0.29) is 29.5 Å². The SMILES string of the molecule is C[C@H]1CCCC=C1N(C(=O)c1ccco1)[C@@H](C(=O)NC1CCCCC1)c1cccnc1. The first-order valence-electron chi connectivity index (χ1n) is 11.4. The minimum absolute atomic E-state index is 0.152. The molecule has 1 N–H and O–H groups in total. The maximum Gasteiger partial charge on any atom is 0.294 e. The molecule has 1 fully saturated rings. The molecular formula is C25H31N3O3. The molecule has 1 saturated carbocycles. The largest absolute Gasteiger partial charge is 0.459 e. The quantitative estimate of drug-likeness (QED) is 0.711. The molecule has 0 bridgehead atoms. The molecule has 2 atom stereocenters. The number of amides is 2. The van der Waals surface area contributed by atoms with Crippen LogP contribution in [0.3, 0.4) is 0 Å². The van der Waals surface area contributed by atoms with Gasteiger partial charge in [-0.2, -0.15) is 0 Å². The third kappa shape index (κ3) is 4.89. The standard InChI is InChI=1S/C25H31N3O3/c1-18-9-5-6-13-21(18)28(25(30)22-14-8-16-31-22)23(19-10-7-15-26-17-19)24(29)27-20-11-3-2-4-12-20/h7-8,10,13-18,20,23H,2-6,9,11-12H2,1H3,(H,27,29)/t18-,23+/m0/s1. The Hall–Kier alpha value is -2.89. The van der Waals surface area contributed by atoms with Crippen molar-refractivity contribution in [2.24, 2.45) is 5.92 Å². The fourth-order valence-electron chi connectivity index (χ4n) is 4.74. The van der Waals surface area contributed by atoms with Crippen LogP contribution in [-0.2, 0) is 4.79 Å². The number of carbonyl (C=O) groups excluding carboxylic acids is 2. The average Bonchev–Trinajstić information content (AvgIpc) is 3.34. The molecule has 0 saturated heterocycles. The van der Waals surface area contributed by atoms with E-state index in [1.165, 1.54) is 12.7 Å². The predicted molar refractivity (Wildman–Crippen MR) is 118 cm³/mol. The molecule has 2 amide bonds. The molecule has 6 heteroatoms. The second-order valence-electron chi connectivity index (χ2n) is 8.65. The van der Waals surface area contributed by atoms with Gasteiger partial charge in [0.2, 0.25) is 5.91 Å². The topological polar surface area (TPSA) is 75.4 Å². The van der Waals surface area contributed by atoms with Gasteiger partial charge in [0.1, 0.15) is 6.04 Å². The number of hydrogen-bond acceptors (Lipinski definition) is 4. The van der Waals surface area contributed by atoms with Crippen molar-refractivity contribution in [1.82, 2.24) is 15.2 Å². The molecule has 0 aliphatic heterocycles. The molecule has 2 aromatic rings. The number of carbonyl (C=O) groups is 2. The summed E-state index contributed by atoms with van der Waals surface area (Å²) in [6.45, 7) is 2.12. The van der Waals surface area contributed by atoms with Gasteiger partial charge in [-0.05, 0) is 56.2 Å². The summed E-state index contributed by atoms with van der Waals surface area (Å²) >= 11 is 0. The summed E-state index contributed by atoms with van der Waals surface area (Å²) in [7, 11) is 0. The minimum Gasteiger partial charge on any atom is -0.459 e. The number of furan rings is 1. The lowest BCUT2D eigenvalue weighted by Gasteiger charge is -2.37. The Balaban J connectivity index is 1.74. The molecule has 164 valence electrons. The van der Waals surface area contributed by atoms with Gasteiger partial charge in [0.15, 0.2) is 5.76 Å². The number of pyridine rings is 1. The Morgan fingerprint density at radius 2 is 1.97 bits per heavy atom. The molecule has 0 spiro atoms. The Morgan fingerprint density at radius 3 is 2.65 bits per heavy atom. The van der Waals surface area contributed by atoms with E-state index >= 15 is 0 Å². The number of rotatable bonds is 6. The first-order valence-corrected chi connectivity index (χ1v) is 11.4. The van der Waals surface area contributed by atoms with Crippen molar-refractivity contribution in [2.75, 3.05) is 0 Å². The highest BCUT2D eigenvalue weighted by atomic mass is 16.3. The van der Waals surface area contributed by atoms with E-state index in [1.54, 1.807) is 29.4 Å². The van der Waals surface area contributed by atoms with Crippen LogP contribution < -0.4 is 5.32 Å². The molecule has 0 aromatic carbocycles. The number of hydrogen-bond donors (Lipinski definition) is 1. The van der Waals surface area contributed by atoms with Crippen LogP contribution in [0, 0.1) is 5.92 Å².